The molecule has 0 aliphatic heterocycles. The summed E-state index contributed by atoms with van der Waals surface area (Å²) in [4.78, 5) is 0. The molecule has 0 nitrogen and oxygen atoms in total. The molecule has 1 atom stereocenters. The third-order valence-corrected chi connectivity index (χ3v) is 3.87. The second kappa shape index (κ2) is 6.39. The van der Waals surface area contributed by atoms with Gasteiger partial charge in [-0.15, -0.1) is 0 Å². The van der Waals surface area contributed by atoms with Crippen LogP contribution in [0.15, 0.2) is 54.1 Å². The summed E-state index contributed by atoms with van der Waals surface area (Å²) in [6, 6.07) is 8.76. The molecule has 1 heteroatoms. The number of hydrogen-bond acceptors (Lipinski definition) is 0. The van der Waals surface area contributed by atoms with Crippen LogP contribution in [-0.4, -0.2) is 0 Å². The number of hydrogen-bond donors (Lipinski definition) is 0. The van der Waals surface area contributed by atoms with Gasteiger partial charge in [0.15, 0.2) is 0 Å². The van der Waals surface area contributed by atoms with Gasteiger partial charge in [0, 0.05) is 32.1 Å². The average molecular weight is 344 g/mol. The van der Waals surface area contributed by atoms with Crippen LogP contribution >= 0.6 is 0 Å². The monoisotopic (exact) mass is 342 g/mol. The van der Waals surface area contributed by atoms with Crippen molar-refractivity contribution in [3.8, 4) is 0 Å². The van der Waals surface area contributed by atoms with Crippen LogP contribution in [0.2, 0.25) is 0 Å². The van der Waals surface area contributed by atoms with Crippen LogP contribution in [-0.2, 0) is 26.2 Å². The third kappa shape index (κ3) is 3.50. The Bertz CT molecular complexity index is 568. The molecule has 0 bridgehead atoms. The Morgan fingerprint density at radius 1 is 1.15 bits per heavy atom. The Hall–Kier alpha value is -0.677. The van der Waals surface area contributed by atoms with Crippen molar-refractivity contribution in [1.82, 2.24) is 0 Å². The molecular weight excluding hydrogens is 319 g/mol. The van der Waals surface area contributed by atoms with Gasteiger partial charge in [-0.05, 0) is 36.0 Å². The molecule has 20 heavy (non-hydrogen) atoms. The molecule has 1 aliphatic rings. The Kier molecular flexibility index (Phi) is 5.56. The molecule has 0 saturated heterocycles. The summed E-state index contributed by atoms with van der Waals surface area (Å²) < 4.78 is 0. The summed E-state index contributed by atoms with van der Waals surface area (Å²) in [5, 5.41) is 0. The number of benzene rings is 1. The number of fused-ring (bicyclic) bond motifs is 1. The third-order valence-electron chi connectivity index (χ3n) is 3.87. The minimum absolute atomic E-state index is 0. The smallest absolute Gasteiger partial charge is 0.0216 e. The van der Waals surface area contributed by atoms with Crippen molar-refractivity contribution in [2.45, 2.75) is 40.5 Å². The first kappa shape index (κ1) is 17.4. The summed E-state index contributed by atoms with van der Waals surface area (Å²) in [5.41, 5.74) is 6.91. The molecule has 0 radical (unpaired) electrons. The minimum Gasteiger partial charge on any atom is -0.0959 e. The molecule has 0 amide bonds. The van der Waals surface area contributed by atoms with Crippen molar-refractivity contribution in [2.24, 2.45) is 5.41 Å². The van der Waals surface area contributed by atoms with E-state index in [1.807, 2.05) is 0 Å². The molecule has 0 aromatic heterocycles. The van der Waals surface area contributed by atoms with Gasteiger partial charge in [-0.25, -0.2) is 0 Å². The number of rotatable bonds is 2. The first-order valence-corrected chi connectivity index (χ1v) is 6.96. The molecule has 0 fully saturated rings. The van der Waals surface area contributed by atoms with Crippen LogP contribution in [0.4, 0.5) is 0 Å². The van der Waals surface area contributed by atoms with Gasteiger partial charge in [0.2, 0.25) is 0 Å². The molecule has 104 valence electrons. The van der Waals surface area contributed by atoms with Crippen LogP contribution in [0, 0.1) is 5.41 Å². The molecule has 0 spiro atoms. The van der Waals surface area contributed by atoms with Crippen LogP contribution in [0.25, 0.3) is 5.57 Å². The molecule has 0 N–H and O–H groups in total. The predicted molar refractivity (Wildman–Crippen MR) is 85.2 cm³/mol. The van der Waals surface area contributed by atoms with Gasteiger partial charge in [0.1, 0.15) is 0 Å². The maximum Gasteiger partial charge on any atom is 0.0216 e. The van der Waals surface area contributed by atoms with E-state index >= 15 is 0 Å². The second-order valence-corrected chi connectivity index (χ2v) is 6.57. The van der Waals surface area contributed by atoms with Crippen LogP contribution in [0.3, 0.4) is 0 Å². The van der Waals surface area contributed by atoms with Crippen molar-refractivity contribution in [2.75, 3.05) is 0 Å². The van der Waals surface area contributed by atoms with Gasteiger partial charge < -0.3 is 0 Å². The maximum atomic E-state index is 4.03. The second-order valence-electron chi connectivity index (χ2n) is 6.57. The molecule has 1 aliphatic carbocycles. The quantitative estimate of drug-likeness (QED) is 0.601. The summed E-state index contributed by atoms with van der Waals surface area (Å²) in [6.07, 6.45) is 4.75. The first-order valence-electron chi connectivity index (χ1n) is 6.96. The Labute approximate surface area is 142 Å². The van der Waals surface area contributed by atoms with E-state index in [0.717, 1.165) is 5.57 Å². The summed E-state index contributed by atoms with van der Waals surface area (Å²) in [6.45, 7) is 15.1. The van der Waals surface area contributed by atoms with Crippen molar-refractivity contribution in [1.29, 1.82) is 0 Å². The molecule has 1 unspecified atom stereocenters. The zero-order valence-electron chi connectivity index (χ0n) is 13.2. The number of allylic oxidation sites excluding steroid dienone is 5. The van der Waals surface area contributed by atoms with E-state index < -0.39 is 0 Å². The van der Waals surface area contributed by atoms with E-state index in [9.17, 15) is 0 Å². The maximum absolute atomic E-state index is 4.03. The fraction of sp³-hybridized carbons (Fsp3) is 0.368. The molecule has 0 saturated carbocycles. The standard InChI is InChI=1S/C19H24.Zr/c1-13(2)14(3)11-15-12-18(19(4,5)6)17-10-8-7-9-16(15)17;/h7-12,15H,1H2,2-6H3;. The van der Waals surface area contributed by atoms with E-state index in [0.29, 0.717) is 5.92 Å². The fourth-order valence-corrected chi connectivity index (χ4v) is 2.60. The summed E-state index contributed by atoms with van der Waals surface area (Å²) in [5.74, 6) is 0.391. The van der Waals surface area contributed by atoms with Crippen LogP contribution in [0.5, 0.6) is 0 Å². The van der Waals surface area contributed by atoms with Crippen molar-refractivity contribution in [3.05, 3.63) is 65.3 Å². The van der Waals surface area contributed by atoms with E-state index in [1.54, 1.807) is 0 Å². The first-order chi connectivity index (χ1) is 8.80. The molecule has 1 aromatic carbocycles. The zero-order chi connectivity index (χ0) is 14.2. The Morgan fingerprint density at radius 2 is 1.75 bits per heavy atom. The predicted octanol–water partition coefficient (Wildman–Crippen LogP) is 5.73. The van der Waals surface area contributed by atoms with E-state index in [-0.39, 0.29) is 31.6 Å². The van der Waals surface area contributed by atoms with Gasteiger partial charge in [-0.1, -0.05) is 74.9 Å². The average Bonchev–Trinajstić information content (AvgIpc) is 2.68. The van der Waals surface area contributed by atoms with E-state index in [2.05, 4.69) is 77.6 Å². The van der Waals surface area contributed by atoms with Gasteiger partial charge >= 0.3 is 0 Å². The normalized spacial score (nSPS) is 18.1. The Balaban J connectivity index is 0.00000200. The van der Waals surface area contributed by atoms with Crippen molar-refractivity contribution < 1.29 is 26.2 Å². The van der Waals surface area contributed by atoms with Gasteiger partial charge in [0.25, 0.3) is 0 Å². The van der Waals surface area contributed by atoms with E-state index in [1.165, 1.54) is 22.3 Å². The SMILES string of the molecule is C=C(C)C(C)=CC1C=C(C(C)(C)C)c2ccccc21.[Zr]. The molecular formula is C19H24Zr. The van der Waals surface area contributed by atoms with Gasteiger partial charge in [-0.3, -0.25) is 0 Å². The minimum atomic E-state index is 0. The van der Waals surface area contributed by atoms with Crippen molar-refractivity contribution >= 4 is 5.57 Å². The molecule has 0 heterocycles. The molecule has 1 aromatic rings. The van der Waals surface area contributed by atoms with Gasteiger partial charge in [-0.2, -0.15) is 0 Å². The Morgan fingerprint density at radius 3 is 2.30 bits per heavy atom. The fourth-order valence-electron chi connectivity index (χ4n) is 2.60. The largest absolute Gasteiger partial charge is 0.0959 e. The van der Waals surface area contributed by atoms with E-state index in [4.69, 9.17) is 0 Å². The van der Waals surface area contributed by atoms with Crippen molar-refractivity contribution in [3.63, 3.8) is 0 Å². The summed E-state index contributed by atoms with van der Waals surface area (Å²) >= 11 is 0. The molecule has 2 rings (SSSR count). The summed E-state index contributed by atoms with van der Waals surface area (Å²) in [7, 11) is 0. The van der Waals surface area contributed by atoms with Crippen LogP contribution in [0.1, 0.15) is 51.7 Å². The zero-order valence-corrected chi connectivity index (χ0v) is 15.7. The van der Waals surface area contributed by atoms with Gasteiger partial charge in [0.05, 0.1) is 0 Å². The topological polar surface area (TPSA) is 0 Å². The van der Waals surface area contributed by atoms with Crippen LogP contribution < -0.4 is 0 Å².